The normalized spacial score (nSPS) is 12.5. The Morgan fingerprint density at radius 1 is 0.291 bits per heavy atom. The summed E-state index contributed by atoms with van der Waals surface area (Å²) in [7, 11) is 0. The van der Waals surface area contributed by atoms with Crippen LogP contribution in [0.4, 0.5) is 0 Å². The molecular weight excluding hydrogens is 665 g/mol. The van der Waals surface area contributed by atoms with Gasteiger partial charge in [0.15, 0.2) is 5.82 Å². The Bertz CT molecular complexity index is 2620. The van der Waals surface area contributed by atoms with Crippen LogP contribution >= 0.6 is 0 Å². The molecule has 0 unspecified atom stereocenters. The van der Waals surface area contributed by atoms with Gasteiger partial charge < -0.3 is 0 Å². The van der Waals surface area contributed by atoms with Gasteiger partial charge in [0.2, 0.25) is 0 Å². The van der Waals surface area contributed by atoms with Gasteiger partial charge >= 0.3 is 0 Å². The molecule has 9 aromatic rings. The van der Waals surface area contributed by atoms with Gasteiger partial charge in [0.25, 0.3) is 0 Å². The monoisotopic (exact) mass is 700 g/mol. The van der Waals surface area contributed by atoms with E-state index in [0.29, 0.717) is 5.82 Å². The third-order valence-corrected chi connectivity index (χ3v) is 11.0. The van der Waals surface area contributed by atoms with Gasteiger partial charge in [0.05, 0.1) is 16.8 Å². The van der Waals surface area contributed by atoms with Crippen molar-refractivity contribution in [3.05, 3.63) is 241 Å². The van der Waals surface area contributed by atoms with E-state index in [4.69, 9.17) is 9.97 Å². The van der Waals surface area contributed by atoms with Crippen molar-refractivity contribution in [1.82, 2.24) is 9.97 Å². The quantitative estimate of drug-likeness (QED) is 0.165. The number of benzene rings is 8. The molecule has 1 heterocycles. The Labute approximate surface area is 322 Å². The lowest BCUT2D eigenvalue weighted by molar-refractivity contribution is 0.769. The van der Waals surface area contributed by atoms with Crippen molar-refractivity contribution in [2.24, 2.45) is 0 Å². The third kappa shape index (κ3) is 5.59. The molecule has 0 saturated carbocycles. The minimum absolute atomic E-state index is 0.565. The number of fused-ring (bicyclic) bond motifs is 3. The van der Waals surface area contributed by atoms with Crippen molar-refractivity contribution in [3.8, 4) is 67.3 Å². The highest BCUT2D eigenvalue weighted by atomic mass is 14.9. The van der Waals surface area contributed by atoms with Gasteiger partial charge in [-0.2, -0.15) is 0 Å². The van der Waals surface area contributed by atoms with E-state index in [2.05, 4.69) is 212 Å². The maximum atomic E-state index is 5.45. The van der Waals surface area contributed by atoms with Crippen LogP contribution in [0.3, 0.4) is 0 Å². The fraction of sp³-hybridized carbons (Fsp3) is 0.0189. The molecule has 0 N–H and O–H groups in total. The van der Waals surface area contributed by atoms with Gasteiger partial charge in [-0.3, -0.25) is 0 Å². The molecule has 2 heteroatoms. The van der Waals surface area contributed by atoms with E-state index in [1.165, 1.54) is 50.1 Å². The molecule has 0 fully saturated rings. The summed E-state index contributed by atoms with van der Waals surface area (Å²) in [4.78, 5) is 10.7. The van der Waals surface area contributed by atoms with E-state index in [-0.39, 0.29) is 0 Å². The van der Waals surface area contributed by atoms with Gasteiger partial charge in [0, 0.05) is 16.7 Å². The summed E-state index contributed by atoms with van der Waals surface area (Å²) in [6.07, 6.45) is 0. The summed E-state index contributed by atoms with van der Waals surface area (Å²) in [5, 5.41) is 0. The summed E-state index contributed by atoms with van der Waals surface area (Å²) in [5.41, 5.74) is 16.4. The maximum Gasteiger partial charge on any atom is 0.160 e. The topological polar surface area (TPSA) is 25.8 Å². The van der Waals surface area contributed by atoms with E-state index in [9.17, 15) is 0 Å². The van der Waals surface area contributed by atoms with Crippen LogP contribution < -0.4 is 0 Å². The molecule has 1 aliphatic carbocycles. The van der Waals surface area contributed by atoms with Gasteiger partial charge in [-0.25, -0.2) is 9.97 Å². The fourth-order valence-electron chi connectivity index (χ4n) is 8.49. The van der Waals surface area contributed by atoms with Crippen molar-refractivity contribution in [3.63, 3.8) is 0 Å². The summed E-state index contributed by atoms with van der Waals surface area (Å²) in [5.74, 6) is 0.692. The van der Waals surface area contributed by atoms with Crippen molar-refractivity contribution in [1.29, 1.82) is 0 Å². The Morgan fingerprint density at radius 2 is 0.709 bits per heavy atom. The first kappa shape index (κ1) is 32.5. The van der Waals surface area contributed by atoms with Gasteiger partial charge in [0.1, 0.15) is 0 Å². The fourth-order valence-corrected chi connectivity index (χ4v) is 8.49. The minimum Gasteiger partial charge on any atom is -0.228 e. The molecule has 0 saturated heterocycles. The smallest absolute Gasteiger partial charge is 0.160 e. The second-order valence-corrected chi connectivity index (χ2v) is 14.1. The highest BCUT2D eigenvalue weighted by Crippen LogP contribution is 2.58. The van der Waals surface area contributed by atoms with Crippen LogP contribution in [0.15, 0.2) is 218 Å². The Morgan fingerprint density at radius 3 is 1.29 bits per heavy atom. The first-order chi connectivity index (χ1) is 27.3. The molecule has 0 spiro atoms. The lowest BCUT2D eigenvalue weighted by atomic mass is 9.66. The summed E-state index contributed by atoms with van der Waals surface area (Å²) >= 11 is 0. The number of nitrogens with zero attached hydrogens (tertiary/aromatic N) is 2. The lowest BCUT2D eigenvalue weighted by Gasteiger charge is -2.35. The molecule has 10 rings (SSSR count). The minimum atomic E-state index is -0.565. The van der Waals surface area contributed by atoms with Gasteiger partial charge in [-0.1, -0.05) is 212 Å². The highest BCUT2D eigenvalue weighted by molar-refractivity contribution is 5.92. The molecule has 0 radical (unpaired) electrons. The van der Waals surface area contributed by atoms with Crippen LogP contribution in [0.5, 0.6) is 0 Å². The van der Waals surface area contributed by atoms with E-state index in [1.807, 2.05) is 6.07 Å². The number of aromatic nitrogens is 2. The molecule has 0 bridgehead atoms. The lowest BCUT2D eigenvalue weighted by Crippen LogP contribution is -2.29. The largest absolute Gasteiger partial charge is 0.228 e. The second-order valence-electron chi connectivity index (χ2n) is 14.1. The van der Waals surface area contributed by atoms with Crippen molar-refractivity contribution in [2.75, 3.05) is 0 Å². The van der Waals surface area contributed by atoms with E-state index in [1.54, 1.807) is 0 Å². The Hall–Kier alpha value is -7.16. The van der Waals surface area contributed by atoms with Crippen LogP contribution in [0.25, 0.3) is 67.3 Å². The average Bonchev–Trinajstić information content (AvgIpc) is 3.59. The predicted molar refractivity (Wildman–Crippen MR) is 227 cm³/mol. The van der Waals surface area contributed by atoms with Crippen molar-refractivity contribution in [2.45, 2.75) is 5.41 Å². The Balaban J connectivity index is 1.21. The van der Waals surface area contributed by atoms with Crippen LogP contribution in [0.2, 0.25) is 0 Å². The van der Waals surface area contributed by atoms with Crippen LogP contribution in [-0.2, 0) is 5.41 Å². The molecule has 1 aromatic heterocycles. The molecule has 0 aliphatic heterocycles. The standard InChI is InChI=1S/C53H36N2/c1-5-16-37(17-6-1)39-28-32-41(33-29-39)49-36-50(55-52(54-49)42-34-30-40(31-35-42)38-18-7-2-8-19-38)47-26-15-25-46-45-24-13-14-27-48(45)53(51(46)47,43-20-9-3-10-21-43)44-22-11-4-12-23-44/h1-36H. The Kier molecular flexibility index (Phi) is 8.08. The molecule has 2 nitrogen and oxygen atoms in total. The maximum absolute atomic E-state index is 5.45. The molecular formula is C53H36N2. The molecule has 0 amide bonds. The van der Waals surface area contributed by atoms with Crippen molar-refractivity contribution >= 4 is 0 Å². The van der Waals surface area contributed by atoms with E-state index >= 15 is 0 Å². The van der Waals surface area contributed by atoms with E-state index in [0.717, 1.165) is 33.6 Å². The summed E-state index contributed by atoms with van der Waals surface area (Å²) < 4.78 is 0. The average molecular weight is 701 g/mol. The van der Waals surface area contributed by atoms with Crippen LogP contribution in [0.1, 0.15) is 22.3 Å². The van der Waals surface area contributed by atoms with Crippen molar-refractivity contribution < 1.29 is 0 Å². The summed E-state index contributed by atoms with van der Waals surface area (Å²) in [6.45, 7) is 0. The van der Waals surface area contributed by atoms with Gasteiger partial charge in [-0.05, 0) is 61.7 Å². The zero-order valence-electron chi connectivity index (χ0n) is 30.2. The predicted octanol–water partition coefficient (Wildman–Crippen LogP) is 13.2. The van der Waals surface area contributed by atoms with Crippen LogP contribution in [-0.4, -0.2) is 9.97 Å². The van der Waals surface area contributed by atoms with E-state index < -0.39 is 5.41 Å². The molecule has 8 aromatic carbocycles. The SMILES string of the molecule is c1ccc(-c2ccc(-c3cc(-c4cccc5c4C(c4ccccc4)(c4ccccc4)c4ccccc4-5)nc(-c4ccc(-c5ccccc5)cc4)n3)cc2)cc1. The first-order valence-electron chi connectivity index (χ1n) is 18.8. The number of hydrogen-bond donors (Lipinski definition) is 0. The highest BCUT2D eigenvalue weighted by Gasteiger charge is 2.47. The first-order valence-corrected chi connectivity index (χ1v) is 18.8. The zero-order valence-corrected chi connectivity index (χ0v) is 30.2. The molecule has 55 heavy (non-hydrogen) atoms. The zero-order chi connectivity index (χ0) is 36.6. The van der Waals surface area contributed by atoms with Gasteiger partial charge in [-0.15, -0.1) is 0 Å². The summed E-state index contributed by atoms with van der Waals surface area (Å²) in [6, 6.07) is 78.1. The third-order valence-electron chi connectivity index (χ3n) is 11.0. The molecule has 1 aliphatic rings. The number of rotatable bonds is 7. The van der Waals surface area contributed by atoms with Crippen LogP contribution in [0, 0.1) is 0 Å². The molecule has 258 valence electrons. The molecule has 0 atom stereocenters. The second kappa shape index (κ2) is 13.7. The number of hydrogen-bond acceptors (Lipinski definition) is 2.